The minimum atomic E-state index is -3.70. The number of benzene rings is 2. The molecule has 2 aromatic rings. The van der Waals surface area contributed by atoms with E-state index < -0.39 is 10.0 Å². The molecule has 1 amide bonds. The lowest BCUT2D eigenvalue weighted by molar-refractivity contribution is -0.896. The number of halogens is 1. The number of carbonyl (C=O) groups is 1. The van der Waals surface area contributed by atoms with Gasteiger partial charge in [0.1, 0.15) is 0 Å². The Balaban J connectivity index is 1.64. The van der Waals surface area contributed by atoms with Gasteiger partial charge >= 0.3 is 0 Å². The third-order valence-electron chi connectivity index (χ3n) is 4.80. The van der Waals surface area contributed by atoms with Crippen LogP contribution in [0.2, 0.25) is 5.02 Å². The Morgan fingerprint density at radius 2 is 1.75 bits per heavy atom. The molecule has 3 N–H and O–H groups in total. The number of aryl methyl sites for hydroxylation is 1. The SMILES string of the molecule is Cc1ccc(S(=O)(=O)Nc2ccc(NC(=O)C[NH+]3CCCCC3)c(Cl)c2)cc1. The molecule has 0 aromatic heterocycles. The monoisotopic (exact) mass is 422 g/mol. The largest absolute Gasteiger partial charge is 0.327 e. The maximum absolute atomic E-state index is 12.5. The zero-order valence-electron chi connectivity index (χ0n) is 15.8. The predicted molar refractivity (Wildman–Crippen MR) is 111 cm³/mol. The second-order valence-electron chi connectivity index (χ2n) is 7.15. The van der Waals surface area contributed by atoms with Gasteiger partial charge in [-0.25, -0.2) is 8.42 Å². The Kier molecular flexibility index (Phi) is 6.59. The van der Waals surface area contributed by atoms with Crippen molar-refractivity contribution in [2.24, 2.45) is 0 Å². The number of piperidine rings is 1. The Labute approximate surface area is 170 Å². The number of carbonyl (C=O) groups excluding carboxylic acids is 1. The first-order chi connectivity index (χ1) is 13.3. The van der Waals surface area contributed by atoms with Gasteiger partial charge in [0.2, 0.25) is 0 Å². The normalized spacial score (nSPS) is 15.2. The Bertz CT molecular complexity index is 940. The maximum atomic E-state index is 12.5. The summed E-state index contributed by atoms with van der Waals surface area (Å²) >= 11 is 6.26. The van der Waals surface area contributed by atoms with Crippen LogP contribution in [-0.4, -0.2) is 34.0 Å². The second kappa shape index (κ2) is 8.94. The molecule has 6 nitrogen and oxygen atoms in total. The summed E-state index contributed by atoms with van der Waals surface area (Å²) < 4.78 is 27.5. The summed E-state index contributed by atoms with van der Waals surface area (Å²) in [6, 6.07) is 11.3. The highest BCUT2D eigenvalue weighted by molar-refractivity contribution is 7.92. The molecule has 0 bridgehead atoms. The van der Waals surface area contributed by atoms with Crippen molar-refractivity contribution < 1.29 is 18.1 Å². The molecule has 1 heterocycles. The van der Waals surface area contributed by atoms with Crippen molar-refractivity contribution in [1.82, 2.24) is 0 Å². The van der Waals surface area contributed by atoms with Crippen molar-refractivity contribution in [1.29, 1.82) is 0 Å². The van der Waals surface area contributed by atoms with Gasteiger partial charge in [0.05, 0.1) is 34.4 Å². The van der Waals surface area contributed by atoms with Crippen molar-refractivity contribution in [2.75, 3.05) is 29.7 Å². The van der Waals surface area contributed by atoms with Gasteiger partial charge < -0.3 is 10.2 Å². The number of amides is 1. The first-order valence-corrected chi connectivity index (χ1v) is 11.2. The van der Waals surface area contributed by atoms with E-state index in [0.717, 1.165) is 31.5 Å². The molecule has 0 atom stereocenters. The van der Waals surface area contributed by atoms with Crippen LogP contribution in [0.1, 0.15) is 24.8 Å². The highest BCUT2D eigenvalue weighted by Crippen LogP contribution is 2.27. The second-order valence-corrected chi connectivity index (χ2v) is 9.24. The van der Waals surface area contributed by atoms with E-state index in [1.165, 1.54) is 17.4 Å². The van der Waals surface area contributed by atoms with Crippen molar-refractivity contribution >= 4 is 38.9 Å². The minimum absolute atomic E-state index is 0.0909. The number of hydrogen-bond acceptors (Lipinski definition) is 3. The molecule has 150 valence electrons. The quantitative estimate of drug-likeness (QED) is 0.669. The average molecular weight is 423 g/mol. The van der Waals surface area contributed by atoms with E-state index in [1.807, 2.05) is 6.92 Å². The number of hydrogen-bond donors (Lipinski definition) is 3. The number of anilines is 2. The van der Waals surface area contributed by atoms with E-state index in [1.54, 1.807) is 36.4 Å². The first-order valence-electron chi connectivity index (χ1n) is 9.36. The fraction of sp³-hybridized carbons (Fsp3) is 0.350. The van der Waals surface area contributed by atoms with Crippen LogP contribution in [0.3, 0.4) is 0 Å². The summed E-state index contributed by atoms with van der Waals surface area (Å²) in [4.78, 5) is 13.7. The fourth-order valence-electron chi connectivity index (χ4n) is 3.26. The third-order valence-corrected chi connectivity index (χ3v) is 6.51. The maximum Gasteiger partial charge on any atom is 0.279 e. The van der Waals surface area contributed by atoms with E-state index in [0.29, 0.717) is 17.9 Å². The van der Waals surface area contributed by atoms with Crippen LogP contribution in [-0.2, 0) is 14.8 Å². The highest BCUT2D eigenvalue weighted by Gasteiger charge is 2.19. The summed E-state index contributed by atoms with van der Waals surface area (Å²) in [5.74, 6) is -0.0909. The van der Waals surface area contributed by atoms with Crippen molar-refractivity contribution in [3.8, 4) is 0 Å². The third kappa shape index (κ3) is 5.47. The zero-order valence-corrected chi connectivity index (χ0v) is 17.4. The summed E-state index contributed by atoms with van der Waals surface area (Å²) in [7, 11) is -3.70. The highest BCUT2D eigenvalue weighted by atomic mass is 35.5. The van der Waals surface area contributed by atoms with Crippen molar-refractivity contribution in [3.63, 3.8) is 0 Å². The van der Waals surface area contributed by atoms with Gasteiger partial charge in [0, 0.05) is 0 Å². The zero-order chi connectivity index (χ0) is 20.1. The van der Waals surface area contributed by atoms with Gasteiger partial charge in [-0.1, -0.05) is 29.3 Å². The van der Waals surface area contributed by atoms with E-state index in [-0.39, 0.29) is 15.8 Å². The predicted octanol–water partition coefficient (Wildman–Crippen LogP) is 2.46. The number of quaternary nitrogens is 1. The molecule has 0 aliphatic carbocycles. The molecule has 1 fully saturated rings. The average Bonchev–Trinajstić information content (AvgIpc) is 2.65. The Morgan fingerprint density at radius 3 is 2.39 bits per heavy atom. The lowest BCUT2D eigenvalue weighted by atomic mass is 10.1. The van der Waals surface area contributed by atoms with Gasteiger partial charge in [-0.05, 0) is 56.5 Å². The number of likely N-dealkylation sites (tertiary alicyclic amines) is 1. The first kappa shape index (κ1) is 20.6. The van der Waals surface area contributed by atoms with Gasteiger partial charge in [0.15, 0.2) is 6.54 Å². The van der Waals surface area contributed by atoms with E-state index in [9.17, 15) is 13.2 Å². The molecule has 1 aliphatic rings. The molecule has 8 heteroatoms. The van der Waals surface area contributed by atoms with Crippen molar-refractivity contribution in [2.45, 2.75) is 31.1 Å². The van der Waals surface area contributed by atoms with Crippen LogP contribution in [0.25, 0.3) is 0 Å². The van der Waals surface area contributed by atoms with Crippen LogP contribution in [0.4, 0.5) is 11.4 Å². The number of sulfonamides is 1. The standard InChI is InChI=1S/C20H24ClN3O3S/c1-15-5-8-17(9-6-15)28(26,27)23-16-7-10-19(18(21)13-16)22-20(25)14-24-11-3-2-4-12-24/h5-10,13,23H,2-4,11-12,14H2,1H3,(H,22,25)/p+1. The molecule has 0 saturated carbocycles. The van der Waals surface area contributed by atoms with E-state index in [4.69, 9.17) is 11.6 Å². The fourth-order valence-corrected chi connectivity index (χ4v) is 4.54. The molecule has 0 radical (unpaired) electrons. The molecular formula is C20H25ClN3O3S+. The van der Waals surface area contributed by atoms with Crippen LogP contribution >= 0.6 is 11.6 Å². The van der Waals surface area contributed by atoms with Crippen molar-refractivity contribution in [3.05, 3.63) is 53.1 Å². The lowest BCUT2D eigenvalue weighted by Gasteiger charge is -2.22. The molecule has 0 unspecified atom stereocenters. The topological polar surface area (TPSA) is 79.7 Å². The number of rotatable bonds is 6. The van der Waals surface area contributed by atoms with E-state index in [2.05, 4.69) is 10.0 Å². The Morgan fingerprint density at radius 1 is 1.07 bits per heavy atom. The lowest BCUT2D eigenvalue weighted by Crippen LogP contribution is -3.13. The van der Waals surface area contributed by atoms with Crippen LogP contribution in [0.5, 0.6) is 0 Å². The molecular weight excluding hydrogens is 398 g/mol. The van der Waals surface area contributed by atoms with Crippen LogP contribution < -0.4 is 14.9 Å². The van der Waals surface area contributed by atoms with Crippen LogP contribution in [0, 0.1) is 6.92 Å². The molecule has 28 heavy (non-hydrogen) atoms. The van der Waals surface area contributed by atoms with E-state index >= 15 is 0 Å². The molecule has 2 aromatic carbocycles. The van der Waals surface area contributed by atoms with Gasteiger partial charge in [-0.3, -0.25) is 9.52 Å². The Hall–Kier alpha value is -2.09. The van der Waals surface area contributed by atoms with Gasteiger partial charge in [0.25, 0.3) is 15.9 Å². The molecule has 0 spiro atoms. The molecule has 1 saturated heterocycles. The van der Waals surface area contributed by atoms with Gasteiger partial charge in [-0.2, -0.15) is 0 Å². The summed E-state index contributed by atoms with van der Waals surface area (Å²) in [5, 5.41) is 3.10. The summed E-state index contributed by atoms with van der Waals surface area (Å²) in [5.41, 5.74) is 1.79. The smallest absolute Gasteiger partial charge is 0.279 e. The van der Waals surface area contributed by atoms with Gasteiger partial charge in [-0.15, -0.1) is 0 Å². The molecule has 3 rings (SSSR count). The van der Waals surface area contributed by atoms with Crippen LogP contribution in [0.15, 0.2) is 47.4 Å². The number of nitrogens with one attached hydrogen (secondary N) is 3. The summed E-state index contributed by atoms with van der Waals surface area (Å²) in [6.45, 7) is 4.34. The minimum Gasteiger partial charge on any atom is -0.327 e. The summed E-state index contributed by atoms with van der Waals surface area (Å²) in [6.07, 6.45) is 3.54. The molecule has 1 aliphatic heterocycles.